The van der Waals surface area contributed by atoms with E-state index in [-0.39, 0.29) is 12.0 Å². The molecule has 2 atom stereocenters. The van der Waals surface area contributed by atoms with Crippen LogP contribution >= 0.6 is 23.2 Å². The molecule has 0 amide bonds. The van der Waals surface area contributed by atoms with Crippen LogP contribution in [0.2, 0.25) is 10.0 Å². The Bertz CT molecular complexity index is 496. The molecule has 1 aromatic rings. The maximum absolute atomic E-state index is 11.0. The predicted octanol–water partition coefficient (Wildman–Crippen LogP) is 3.61. The van der Waals surface area contributed by atoms with Crippen LogP contribution in [0.15, 0.2) is 18.2 Å². The number of hydrogen-bond donors (Lipinski definition) is 2. The monoisotopic (exact) mass is 331 g/mol. The van der Waals surface area contributed by atoms with Crippen molar-refractivity contribution in [3.05, 3.63) is 28.2 Å². The molecule has 2 unspecified atom stereocenters. The molecule has 1 aliphatic carbocycles. The maximum atomic E-state index is 11.0. The second-order valence-electron chi connectivity index (χ2n) is 5.28. The predicted molar refractivity (Wildman–Crippen MR) is 83.3 cm³/mol. The lowest BCUT2D eigenvalue weighted by Gasteiger charge is -2.27. The molecule has 2 N–H and O–H groups in total. The number of carbonyl (C=O) groups is 1. The maximum Gasteiger partial charge on any atom is 0.306 e. The molecular formula is C15H19Cl2NO3. The highest BCUT2D eigenvalue weighted by molar-refractivity contribution is 6.35. The van der Waals surface area contributed by atoms with Gasteiger partial charge in [0.15, 0.2) is 0 Å². The van der Waals surface area contributed by atoms with E-state index in [1.807, 2.05) is 0 Å². The average molecular weight is 332 g/mol. The molecule has 1 fully saturated rings. The van der Waals surface area contributed by atoms with Crippen LogP contribution in [0.4, 0.5) is 0 Å². The van der Waals surface area contributed by atoms with Crippen molar-refractivity contribution in [2.45, 2.75) is 31.7 Å². The standard InChI is InChI=1S/C15H19Cl2NO3/c16-11-4-5-14(13(17)9-11)21-7-6-18-12-3-1-2-10(8-12)15(19)20/h4-5,9-10,12,18H,1-3,6-8H2,(H,19,20). The van der Waals surface area contributed by atoms with E-state index in [0.717, 1.165) is 19.3 Å². The normalized spacial score (nSPS) is 22.0. The van der Waals surface area contributed by atoms with Crippen LogP contribution in [-0.4, -0.2) is 30.3 Å². The Balaban J connectivity index is 1.71. The van der Waals surface area contributed by atoms with E-state index in [1.54, 1.807) is 18.2 Å². The zero-order valence-corrected chi connectivity index (χ0v) is 13.2. The third-order valence-electron chi connectivity index (χ3n) is 3.71. The van der Waals surface area contributed by atoms with E-state index in [2.05, 4.69) is 5.32 Å². The molecule has 116 valence electrons. The summed E-state index contributed by atoms with van der Waals surface area (Å²) in [6.07, 6.45) is 3.45. The molecule has 0 bridgehead atoms. The fourth-order valence-electron chi connectivity index (χ4n) is 2.62. The lowest BCUT2D eigenvalue weighted by molar-refractivity contribution is -0.143. The third kappa shape index (κ3) is 5.06. The Kier molecular flexibility index (Phi) is 6.15. The van der Waals surface area contributed by atoms with Gasteiger partial charge in [0.05, 0.1) is 10.9 Å². The second-order valence-corrected chi connectivity index (χ2v) is 6.12. The second kappa shape index (κ2) is 7.87. The van der Waals surface area contributed by atoms with E-state index >= 15 is 0 Å². The van der Waals surface area contributed by atoms with Crippen LogP contribution in [-0.2, 0) is 4.79 Å². The Morgan fingerprint density at radius 1 is 1.38 bits per heavy atom. The Hall–Kier alpha value is -0.970. The van der Waals surface area contributed by atoms with E-state index in [9.17, 15) is 4.79 Å². The topological polar surface area (TPSA) is 58.6 Å². The first-order valence-corrected chi connectivity index (χ1v) is 7.86. The van der Waals surface area contributed by atoms with Crippen LogP contribution in [0.3, 0.4) is 0 Å². The molecule has 0 spiro atoms. The number of aliphatic carboxylic acids is 1. The Labute approximate surface area is 134 Å². The van der Waals surface area contributed by atoms with Crippen molar-refractivity contribution in [2.75, 3.05) is 13.2 Å². The van der Waals surface area contributed by atoms with Gasteiger partial charge in [0.1, 0.15) is 12.4 Å². The molecule has 0 saturated heterocycles. The highest BCUT2D eigenvalue weighted by atomic mass is 35.5. The van der Waals surface area contributed by atoms with Crippen molar-refractivity contribution in [1.82, 2.24) is 5.32 Å². The smallest absolute Gasteiger partial charge is 0.306 e. The zero-order valence-electron chi connectivity index (χ0n) is 11.6. The van der Waals surface area contributed by atoms with Crippen molar-refractivity contribution in [1.29, 1.82) is 0 Å². The van der Waals surface area contributed by atoms with Gasteiger partial charge in [-0.05, 0) is 37.5 Å². The van der Waals surface area contributed by atoms with Crippen LogP contribution in [0.1, 0.15) is 25.7 Å². The lowest BCUT2D eigenvalue weighted by atomic mass is 9.86. The van der Waals surface area contributed by atoms with E-state index in [0.29, 0.717) is 35.4 Å². The van der Waals surface area contributed by atoms with Gasteiger partial charge in [-0.2, -0.15) is 0 Å². The molecule has 4 nitrogen and oxygen atoms in total. The summed E-state index contributed by atoms with van der Waals surface area (Å²) in [5.74, 6) is -0.302. The summed E-state index contributed by atoms with van der Waals surface area (Å²) in [7, 11) is 0. The number of carboxylic acid groups (broad SMARTS) is 1. The third-order valence-corrected chi connectivity index (χ3v) is 4.24. The van der Waals surface area contributed by atoms with Crippen molar-refractivity contribution in [2.24, 2.45) is 5.92 Å². The minimum absolute atomic E-state index is 0.220. The van der Waals surface area contributed by atoms with Gasteiger partial charge in [-0.25, -0.2) is 0 Å². The molecule has 0 aromatic heterocycles. The number of rotatable bonds is 6. The number of halogens is 2. The minimum Gasteiger partial charge on any atom is -0.491 e. The molecule has 0 heterocycles. The van der Waals surface area contributed by atoms with Crippen LogP contribution < -0.4 is 10.1 Å². The zero-order chi connectivity index (χ0) is 15.2. The van der Waals surface area contributed by atoms with E-state index < -0.39 is 5.97 Å². The molecule has 2 rings (SSSR count). The number of nitrogens with one attached hydrogen (secondary N) is 1. The molecule has 0 radical (unpaired) electrons. The molecule has 21 heavy (non-hydrogen) atoms. The van der Waals surface area contributed by atoms with Gasteiger partial charge in [-0.15, -0.1) is 0 Å². The summed E-state index contributed by atoms with van der Waals surface area (Å²) < 4.78 is 5.59. The van der Waals surface area contributed by atoms with Gasteiger partial charge in [0, 0.05) is 17.6 Å². The Morgan fingerprint density at radius 3 is 2.90 bits per heavy atom. The molecule has 1 saturated carbocycles. The summed E-state index contributed by atoms with van der Waals surface area (Å²) in [5, 5.41) is 13.5. The van der Waals surface area contributed by atoms with Crippen molar-refractivity contribution in [3.63, 3.8) is 0 Å². The van der Waals surface area contributed by atoms with Crippen LogP contribution in [0.25, 0.3) is 0 Å². The van der Waals surface area contributed by atoms with Gasteiger partial charge in [0.25, 0.3) is 0 Å². The SMILES string of the molecule is O=C(O)C1CCCC(NCCOc2ccc(Cl)cc2Cl)C1. The molecular weight excluding hydrogens is 313 g/mol. The van der Waals surface area contributed by atoms with Crippen molar-refractivity contribution >= 4 is 29.2 Å². The van der Waals surface area contributed by atoms with Crippen molar-refractivity contribution in [3.8, 4) is 5.75 Å². The summed E-state index contributed by atoms with van der Waals surface area (Å²) >= 11 is 11.8. The summed E-state index contributed by atoms with van der Waals surface area (Å²) in [4.78, 5) is 11.0. The first kappa shape index (κ1) is 16.4. The fraction of sp³-hybridized carbons (Fsp3) is 0.533. The lowest BCUT2D eigenvalue weighted by Crippen LogP contribution is -2.38. The summed E-state index contributed by atoms with van der Waals surface area (Å²) in [6.45, 7) is 1.14. The number of carboxylic acids is 1. The van der Waals surface area contributed by atoms with Crippen molar-refractivity contribution < 1.29 is 14.6 Å². The van der Waals surface area contributed by atoms with Gasteiger partial charge in [-0.1, -0.05) is 29.6 Å². The average Bonchev–Trinajstić information content (AvgIpc) is 2.45. The molecule has 6 heteroatoms. The minimum atomic E-state index is -0.689. The quantitative estimate of drug-likeness (QED) is 0.782. The highest BCUT2D eigenvalue weighted by Crippen LogP contribution is 2.27. The fourth-order valence-corrected chi connectivity index (χ4v) is 3.08. The molecule has 1 aromatic carbocycles. The first-order chi connectivity index (χ1) is 10.1. The summed E-state index contributed by atoms with van der Waals surface area (Å²) in [6, 6.07) is 5.37. The highest BCUT2D eigenvalue weighted by Gasteiger charge is 2.26. The van der Waals surface area contributed by atoms with Gasteiger partial charge in [-0.3, -0.25) is 4.79 Å². The molecule has 0 aliphatic heterocycles. The van der Waals surface area contributed by atoms with Crippen LogP contribution in [0.5, 0.6) is 5.75 Å². The first-order valence-electron chi connectivity index (χ1n) is 7.10. The van der Waals surface area contributed by atoms with E-state index in [4.69, 9.17) is 33.0 Å². The number of benzene rings is 1. The largest absolute Gasteiger partial charge is 0.491 e. The number of ether oxygens (including phenoxy) is 1. The van der Waals surface area contributed by atoms with Crippen LogP contribution in [0, 0.1) is 5.92 Å². The Morgan fingerprint density at radius 2 is 2.19 bits per heavy atom. The summed E-state index contributed by atoms with van der Waals surface area (Å²) in [5.41, 5.74) is 0. The van der Waals surface area contributed by atoms with Gasteiger partial charge in [0.2, 0.25) is 0 Å². The van der Waals surface area contributed by atoms with E-state index in [1.165, 1.54) is 0 Å². The van der Waals surface area contributed by atoms with Gasteiger partial charge >= 0.3 is 5.97 Å². The number of hydrogen-bond acceptors (Lipinski definition) is 3. The molecule has 1 aliphatic rings. The van der Waals surface area contributed by atoms with Gasteiger partial charge < -0.3 is 15.2 Å².